The smallest absolute Gasteiger partial charge is 0.0364 e. The molecule has 3 rings (SSSR count). The summed E-state index contributed by atoms with van der Waals surface area (Å²) >= 11 is 7.25. The van der Waals surface area contributed by atoms with Crippen LogP contribution in [0.1, 0.15) is 10.4 Å². The molecule has 0 unspecified atom stereocenters. The average Bonchev–Trinajstić information content (AvgIpc) is 2.61. The van der Waals surface area contributed by atoms with Gasteiger partial charge >= 0.3 is 0 Å². The van der Waals surface area contributed by atoms with Crippen molar-refractivity contribution < 1.29 is 0 Å². The third-order valence-electron chi connectivity index (χ3n) is 2.18. The second-order valence-electron chi connectivity index (χ2n) is 2.87. The van der Waals surface area contributed by atoms with E-state index < -0.39 is 0 Å². The summed E-state index contributed by atoms with van der Waals surface area (Å²) in [7, 11) is 0. The van der Waals surface area contributed by atoms with Crippen LogP contribution in [-0.2, 0) is 6.42 Å². The number of thiophene rings is 2. The van der Waals surface area contributed by atoms with Crippen LogP contribution < -0.4 is 0 Å². The van der Waals surface area contributed by atoms with Gasteiger partial charge in [0.15, 0.2) is 0 Å². The first-order valence-corrected chi connectivity index (χ1v) is 6.29. The van der Waals surface area contributed by atoms with E-state index in [1.807, 2.05) is 11.3 Å². The Bertz CT molecular complexity index is 439. The summed E-state index contributed by atoms with van der Waals surface area (Å²) in [6, 6.07) is 0. The molecule has 1 aliphatic carbocycles. The molecule has 12 heavy (non-hydrogen) atoms. The molecule has 0 N–H and O–H groups in total. The van der Waals surface area contributed by atoms with Crippen LogP contribution in [0.4, 0.5) is 0 Å². The van der Waals surface area contributed by atoms with E-state index in [9.17, 15) is 0 Å². The maximum Gasteiger partial charge on any atom is 0.0364 e. The molecule has 2 heterocycles. The lowest BCUT2D eigenvalue weighted by atomic mass is 10.2. The molecule has 0 aliphatic heterocycles. The minimum absolute atomic E-state index is 1.14. The van der Waals surface area contributed by atoms with Crippen LogP contribution in [0.2, 0.25) is 0 Å². The van der Waals surface area contributed by atoms with E-state index >= 15 is 0 Å². The number of halogens is 1. The molecular weight excluding hydrogens is 252 g/mol. The van der Waals surface area contributed by atoms with Gasteiger partial charge in [0.25, 0.3) is 0 Å². The Labute approximate surface area is 87.0 Å². The lowest BCUT2D eigenvalue weighted by Gasteiger charge is -1.90. The maximum absolute atomic E-state index is 3.59. The van der Waals surface area contributed by atoms with E-state index in [4.69, 9.17) is 0 Å². The first kappa shape index (κ1) is 7.30. The maximum atomic E-state index is 3.59. The van der Waals surface area contributed by atoms with Crippen molar-refractivity contribution in [3.05, 3.63) is 31.1 Å². The summed E-state index contributed by atoms with van der Waals surface area (Å²) in [5.41, 5.74) is 4.39. The molecule has 3 heteroatoms. The Morgan fingerprint density at radius 1 is 1.25 bits per heavy atom. The molecule has 0 atom stereocenters. The first-order chi connectivity index (χ1) is 5.86. The lowest BCUT2D eigenvalue weighted by Crippen LogP contribution is -1.70. The molecule has 0 amide bonds. The minimum atomic E-state index is 1.14. The van der Waals surface area contributed by atoms with Gasteiger partial charge in [-0.15, -0.1) is 11.3 Å². The van der Waals surface area contributed by atoms with Crippen LogP contribution in [-0.4, -0.2) is 0 Å². The fraction of sp³-hybridized carbons (Fsp3) is 0.111. The fourth-order valence-corrected chi connectivity index (χ4v) is 4.29. The summed E-state index contributed by atoms with van der Waals surface area (Å²) < 4.78 is 1.26. The van der Waals surface area contributed by atoms with Crippen LogP contribution in [0, 0.1) is 0 Å². The van der Waals surface area contributed by atoms with Crippen molar-refractivity contribution in [2.75, 3.05) is 0 Å². The summed E-state index contributed by atoms with van der Waals surface area (Å²) in [6.45, 7) is 0. The molecule has 2 aromatic rings. The summed E-state index contributed by atoms with van der Waals surface area (Å²) in [4.78, 5) is 1.51. The minimum Gasteiger partial charge on any atom is -0.151 e. The highest BCUT2D eigenvalue weighted by Crippen LogP contribution is 2.46. The van der Waals surface area contributed by atoms with E-state index in [0.717, 1.165) is 6.42 Å². The standard InChI is InChI=1S/C9H5BrS2/c10-7-4-12-8-1-5-2-11-3-6(5)9(7)8/h2-4H,1H2. The Kier molecular flexibility index (Phi) is 1.48. The van der Waals surface area contributed by atoms with E-state index in [1.54, 1.807) is 11.3 Å². The highest BCUT2D eigenvalue weighted by Gasteiger charge is 2.22. The molecular formula is C9H5BrS2. The second kappa shape index (κ2) is 2.44. The van der Waals surface area contributed by atoms with Gasteiger partial charge < -0.3 is 0 Å². The SMILES string of the molecule is Brc1csc2c1-c1cscc1C2. The lowest BCUT2D eigenvalue weighted by molar-refractivity contribution is 1.33. The van der Waals surface area contributed by atoms with Crippen molar-refractivity contribution >= 4 is 38.6 Å². The Hall–Kier alpha value is -0.120. The van der Waals surface area contributed by atoms with Crippen molar-refractivity contribution in [1.82, 2.24) is 0 Å². The zero-order valence-electron chi connectivity index (χ0n) is 6.13. The molecule has 2 aromatic heterocycles. The van der Waals surface area contributed by atoms with Gasteiger partial charge in [0.2, 0.25) is 0 Å². The largest absolute Gasteiger partial charge is 0.151 e. The van der Waals surface area contributed by atoms with Crippen LogP contribution >= 0.6 is 38.6 Å². The van der Waals surface area contributed by atoms with Gasteiger partial charge in [0.1, 0.15) is 0 Å². The van der Waals surface area contributed by atoms with E-state index in [-0.39, 0.29) is 0 Å². The Morgan fingerprint density at radius 2 is 2.17 bits per heavy atom. The number of rotatable bonds is 0. The molecule has 0 bridgehead atoms. The molecule has 0 spiro atoms. The molecule has 0 radical (unpaired) electrons. The number of hydrogen-bond acceptors (Lipinski definition) is 2. The van der Waals surface area contributed by atoms with Gasteiger partial charge in [-0.1, -0.05) is 0 Å². The summed E-state index contributed by atoms with van der Waals surface area (Å²) in [5.74, 6) is 0. The second-order valence-corrected chi connectivity index (χ2v) is 5.43. The normalized spacial score (nSPS) is 13.1. The quantitative estimate of drug-likeness (QED) is 0.567. The zero-order chi connectivity index (χ0) is 8.13. The highest BCUT2D eigenvalue weighted by molar-refractivity contribution is 9.10. The van der Waals surface area contributed by atoms with Gasteiger partial charge in [0, 0.05) is 26.7 Å². The summed E-state index contributed by atoms with van der Waals surface area (Å²) in [6.07, 6.45) is 1.14. The monoisotopic (exact) mass is 256 g/mol. The number of fused-ring (bicyclic) bond motifs is 3. The van der Waals surface area contributed by atoms with Gasteiger partial charge in [-0.3, -0.25) is 0 Å². The number of hydrogen-bond donors (Lipinski definition) is 0. The third-order valence-corrected chi connectivity index (χ3v) is 4.89. The topological polar surface area (TPSA) is 0 Å². The van der Waals surface area contributed by atoms with Crippen molar-refractivity contribution in [2.45, 2.75) is 6.42 Å². The van der Waals surface area contributed by atoms with Crippen LogP contribution in [0.15, 0.2) is 20.6 Å². The van der Waals surface area contributed by atoms with Crippen LogP contribution in [0.25, 0.3) is 11.1 Å². The summed E-state index contributed by atoms with van der Waals surface area (Å²) in [5, 5.41) is 6.69. The Balaban J connectivity index is 2.38. The predicted molar refractivity (Wildman–Crippen MR) is 58.1 cm³/mol. The Morgan fingerprint density at radius 3 is 3.08 bits per heavy atom. The van der Waals surface area contributed by atoms with Crippen molar-refractivity contribution in [1.29, 1.82) is 0 Å². The van der Waals surface area contributed by atoms with Gasteiger partial charge in [0.05, 0.1) is 0 Å². The molecule has 60 valence electrons. The van der Waals surface area contributed by atoms with Gasteiger partial charge in [-0.25, -0.2) is 0 Å². The average molecular weight is 257 g/mol. The predicted octanol–water partition coefficient (Wildman–Crippen LogP) is 4.14. The molecule has 1 aliphatic rings. The molecule has 0 fully saturated rings. The van der Waals surface area contributed by atoms with Crippen molar-refractivity contribution in [2.24, 2.45) is 0 Å². The molecule has 0 saturated carbocycles. The molecule has 0 nitrogen and oxygen atoms in total. The van der Waals surface area contributed by atoms with Crippen molar-refractivity contribution in [3.8, 4) is 11.1 Å². The van der Waals surface area contributed by atoms with E-state index in [0.29, 0.717) is 0 Å². The van der Waals surface area contributed by atoms with Crippen molar-refractivity contribution in [3.63, 3.8) is 0 Å². The molecule has 0 saturated heterocycles. The third kappa shape index (κ3) is 0.817. The highest BCUT2D eigenvalue weighted by atomic mass is 79.9. The van der Waals surface area contributed by atoms with E-state index in [2.05, 4.69) is 32.1 Å². The fourth-order valence-electron chi connectivity index (χ4n) is 1.64. The zero-order valence-corrected chi connectivity index (χ0v) is 9.35. The molecule has 0 aromatic carbocycles. The van der Waals surface area contributed by atoms with E-state index in [1.165, 1.54) is 26.0 Å². The van der Waals surface area contributed by atoms with Gasteiger partial charge in [-0.2, -0.15) is 11.3 Å². The van der Waals surface area contributed by atoms with Crippen LogP contribution in [0.3, 0.4) is 0 Å². The van der Waals surface area contributed by atoms with Gasteiger partial charge in [-0.05, 0) is 37.8 Å². The first-order valence-electron chi connectivity index (χ1n) is 3.67. The van der Waals surface area contributed by atoms with Crippen LogP contribution in [0.5, 0.6) is 0 Å².